The Hall–Kier alpha value is -2.54. The number of unbranched alkanes of at least 4 members (excludes halogenated alkanes) is 18. The lowest BCUT2D eigenvalue weighted by atomic mass is 9.97. The van der Waals surface area contributed by atoms with Gasteiger partial charge < -0.3 is 4.90 Å². The Kier molecular flexibility index (Phi) is 20.3. The Morgan fingerprint density at radius 2 is 0.543 bits per heavy atom. The predicted molar refractivity (Wildman–Crippen MR) is 206 cm³/mol. The van der Waals surface area contributed by atoms with Crippen LogP contribution >= 0.6 is 0 Å². The molecule has 0 N–H and O–H groups in total. The van der Waals surface area contributed by atoms with Gasteiger partial charge in [0.25, 0.3) is 0 Å². The van der Waals surface area contributed by atoms with Crippen molar-refractivity contribution in [3.8, 4) is 0 Å². The van der Waals surface area contributed by atoms with E-state index in [4.69, 9.17) is 0 Å². The summed E-state index contributed by atoms with van der Waals surface area (Å²) in [6, 6.07) is 27.9. The van der Waals surface area contributed by atoms with Crippen molar-refractivity contribution < 1.29 is 0 Å². The molecule has 3 aromatic rings. The molecule has 0 heterocycles. The van der Waals surface area contributed by atoms with Gasteiger partial charge in [-0.2, -0.15) is 0 Å². The molecule has 0 aliphatic heterocycles. The van der Waals surface area contributed by atoms with Crippen molar-refractivity contribution in [3.05, 3.63) is 89.5 Å². The fourth-order valence-electron chi connectivity index (χ4n) is 7.03. The Balaban J connectivity index is 1.85. The van der Waals surface area contributed by atoms with Crippen LogP contribution in [0.3, 0.4) is 0 Å². The van der Waals surface area contributed by atoms with Gasteiger partial charge in [-0.15, -0.1) is 0 Å². The maximum atomic E-state index is 2.66. The molecule has 254 valence electrons. The van der Waals surface area contributed by atoms with Crippen LogP contribution in [0.25, 0.3) is 0 Å². The average molecular weight is 624 g/mol. The number of benzene rings is 3. The van der Waals surface area contributed by atoms with Gasteiger partial charge in [0.05, 0.1) is 0 Å². The number of para-hydroxylation sites is 3. The zero-order valence-electron chi connectivity index (χ0n) is 30.3. The second-order valence-corrected chi connectivity index (χ2v) is 13.8. The second kappa shape index (κ2) is 24.6. The summed E-state index contributed by atoms with van der Waals surface area (Å²) in [4.78, 5) is 2.66. The molecule has 0 spiro atoms. The van der Waals surface area contributed by atoms with Crippen molar-refractivity contribution in [2.24, 2.45) is 0 Å². The van der Waals surface area contributed by atoms with Crippen molar-refractivity contribution in [3.63, 3.8) is 0 Å². The van der Waals surface area contributed by atoms with Crippen molar-refractivity contribution in [1.82, 2.24) is 0 Å². The SMILES string of the molecule is CCCCCCCCCc1ccccc1N(c1ccccc1CCCCCCCCC)c1ccccc1CCCCCCCCC. The molecule has 0 saturated carbocycles. The molecule has 3 rings (SSSR count). The van der Waals surface area contributed by atoms with E-state index >= 15 is 0 Å². The van der Waals surface area contributed by atoms with Crippen LogP contribution < -0.4 is 4.90 Å². The molecule has 0 aromatic heterocycles. The first kappa shape index (κ1) is 37.9. The Labute approximate surface area is 285 Å². The third-order valence-corrected chi connectivity index (χ3v) is 9.85. The van der Waals surface area contributed by atoms with Gasteiger partial charge in [-0.1, -0.05) is 191 Å². The first-order chi connectivity index (χ1) is 22.8. The van der Waals surface area contributed by atoms with E-state index in [1.54, 1.807) is 0 Å². The molecule has 0 amide bonds. The summed E-state index contributed by atoms with van der Waals surface area (Å²) in [5, 5.41) is 0. The molecule has 0 aliphatic carbocycles. The van der Waals surface area contributed by atoms with Gasteiger partial charge in [0.1, 0.15) is 0 Å². The summed E-state index contributed by atoms with van der Waals surface area (Å²) < 4.78 is 0. The van der Waals surface area contributed by atoms with Gasteiger partial charge in [-0.3, -0.25) is 0 Å². The summed E-state index contributed by atoms with van der Waals surface area (Å²) >= 11 is 0. The quantitative estimate of drug-likeness (QED) is 0.0764. The van der Waals surface area contributed by atoms with Crippen LogP contribution in [-0.2, 0) is 19.3 Å². The maximum Gasteiger partial charge on any atom is 0.0493 e. The number of hydrogen-bond donors (Lipinski definition) is 0. The van der Waals surface area contributed by atoms with Gasteiger partial charge >= 0.3 is 0 Å². The summed E-state index contributed by atoms with van der Waals surface area (Å²) in [5.41, 5.74) is 8.63. The smallest absolute Gasteiger partial charge is 0.0493 e. The Morgan fingerprint density at radius 1 is 0.304 bits per heavy atom. The molecule has 0 atom stereocenters. The van der Waals surface area contributed by atoms with E-state index in [1.807, 2.05) is 0 Å². The van der Waals surface area contributed by atoms with Crippen LogP contribution in [0, 0.1) is 0 Å². The van der Waals surface area contributed by atoms with E-state index in [9.17, 15) is 0 Å². The third-order valence-electron chi connectivity index (χ3n) is 9.85. The lowest BCUT2D eigenvalue weighted by Gasteiger charge is -2.31. The van der Waals surface area contributed by atoms with Gasteiger partial charge in [0.15, 0.2) is 0 Å². The van der Waals surface area contributed by atoms with Crippen molar-refractivity contribution in [2.75, 3.05) is 4.90 Å². The fraction of sp³-hybridized carbons (Fsp3) is 0.600. The van der Waals surface area contributed by atoms with Crippen LogP contribution in [0.4, 0.5) is 17.1 Å². The van der Waals surface area contributed by atoms with Crippen LogP contribution in [0.2, 0.25) is 0 Å². The minimum absolute atomic E-state index is 1.15. The van der Waals surface area contributed by atoms with Crippen molar-refractivity contribution >= 4 is 17.1 Å². The van der Waals surface area contributed by atoms with Crippen LogP contribution in [0.15, 0.2) is 72.8 Å². The number of nitrogens with zero attached hydrogens (tertiary/aromatic N) is 1. The number of aryl methyl sites for hydroxylation is 3. The summed E-state index contributed by atoms with van der Waals surface area (Å²) in [6.07, 6.45) is 31.9. The summed E-state index contributed by atoms with van der Waals surface area (Å²) in [7, 11) is 0. The van der Waals surface area contributed by atoms with Gasteiger partial charge in [0, 0.05) is 17.1 Å². The minimum atomic E-state index is 1.15. The molecule has 1 nitrogen and oxygen atoms in total. The molecule has 3 aromatic carbocycles. The molecule has 0 radical (unpaired) electrons. The van der Waals surface area contributed by atoms with Crippen LogP contribution in [-0.4, -0.2) is 0 Å². The highest BCUT2D eigenvalue weighted by molar-refractivity contribution is 5.81. The molecule has 1 heteroatoms. The van der Waals surface area contributed by atoms with E-state index in [2.05, 4.69) is 98.5 Å². The Bertz CT molecular complexity index is 1020. The van der Waals surface area contributed by atoms with E-state index < -0.39 is 0 Å². The average Bonchev–Trinajstić information content (AvgIpc) is 3.09. The number of rotatable bonds is 27. The second-order valence-electron chi connectivity index (χ2n) is 13.8. The third kappa shape index (κ3) is 14.1. The highest BCUT2D eigenvalue weighted by Crippen LogP contribution is 2.41. The molecular formula is C45H69N. The van der Waals surface area contributed by atoms with Gasteiger partial charge in [0.2, 0.25) is 0 Å². The molecule has 0 unspecified atom stereocenters. The van der Waals surface area contributed by atoms with Crippen LogP contribution in [0.5, 0.6) is 0 Å². The Morgan fingerprint density at radius 3 is 0.826 bits per heavy atom. The van der Waals surface area contributed by atoms with Crippen LogP contribution in [0.1, 0.15) is 172 Å². The summed E-state index contributed by atoms with van der Waals surface area (Å²) in [6.45, 7) is 6.92. The molecule has 0 saturated heterocycles. The maximum absolute atomic E-state index is 2.66. The summed E-state index contributed by atoms with van der Waals surface area (Å²) in [5.74, 6) is 0. The van der Waals surface area contributed by atoms with Gasteiger partial charge in [-0.25, -0.2) is 0 Å². The minimum Gasteiger partial charge on any atom is -0.310 e. The largest absolute Gasteiger partial charge is 0.310 e. The van der Waals surface area contributed by atoms with Gasteiger partial charge in [-0.05, 0) is 73.4 Å². The molecule has 0 fully saturated rings. The molecule has 0 bridgehead atoms. The standard InChI is InChI=1S/C45H69N/c1-4-7-10-13-16-19-22-31-40-34-25-28-37-43(40)46(44-38-29-26-35-41(44)32-23-20-17-14-11-8-5-2)45-39-30-27-36-42(45)33-24-21-18-15-12-9-6-3/h25-30,34-39H,4-24,31-33H2,1-3H3. The molecular weight excluding hydrogens is 555 g/mol. The highest BCUT2D eigenvalue weighted by atomic mass is 15.1. The molecule has 0 aliphatic rings. The molecule has 46 heavy (non-hydrogen) atoms. The lowest BCUT2D eigenvalue weighted by Crippen LogP contribution is -2.16. The van der Waals surface area contributed by atoms with E-state index in [1.165, 1.54) is 169 Å². The lowest BCUT2D eigenvalue weighted by molar-refractivity contribution is 0.588. The fourth-order valence-corrected chi connectivity index (χ4v) is 7.03. The van der Waals surface area contributed by atoms with Crippen molar-refractivity contribution in [1.29, 1.82) is 0 Å². The topological polar surface area (TPSA) is 3.24 Å². The van der Waals surface area contributed by atoms with E-state index in [0.29, 0.717) is 0 Å². The van der Waals surface area contributed by atoms with Crippen molar-refractivity contribution in [2.45, 2.75) is 175 Å². The predicted octanol–water partition coefficient (Wildman–Crippen LogP) is 15.0. The zero-order chi connectivity index (χ0) is 32.5. The first-order valence-electron chi connectivity index (χ1n) is 19.8. The first-order valence-corrected chi connectivity index (χ1v) is 19.8. The zero-order valence-corrected chi connectivity index (χ0v) is 30.3. The van der Waals surface area contributed by atoms with E-state index in [0.717, 1.165) is 19.3 Å². The number of anilines is 3. The monoisotopic (exact) mass is 624 g/mol. The normalized spacial score (nSPS) is 11.3. The number of hydrogen-bond acceptors (Lipinski definition) is 1. The van der Waals surface area contributed by atoms with E-state index in [-0.39, 0.29) is 0 Å². The highest BCUT2D eigenvalue weighted by Gasteiger charge is 2.20.